The zero-order valence-electron chi connectivity index (χ0n) is 11.0. The molecule has 0 aromatic carbocycles. The molecule has 0 saturated carbocycles. The summed E-state index contributed by atoms with van der Waals surface area (Å²) in [5.41, 5.74) is 0.460. The summed E-state index contributed by atoms with van der Waals surface area (Å²) in [4.78, 5) is 11.9. The summed E-state index contributed by atoms with van der Waals surface area (Å²) in [5, 5.41) is 7.17. The Hall–Kier alpha value is -0.730. The summed E-state index contributed by atoms with van der Waals surface area (Å²) in [6.07, 6.45) is 4.06. The minimum absolute atomic E-state index is 0.193. The van der Waals surface area contributed by atoms with Crippen LogP contribution in [0.3, 0.4) is 0 Å². The molecule has 0 bridgehead atoms. The Morgan fingerprint density at radius 1 is 1.58 bits per heavy atom. The Morgan fingerprint density at radius 3 is 2.95 bits per heavy atom. The highest BCUT2D eigenvalue weighted by atomic mass is 79.9. The van der Waals surface area contributed by atoms with Crippen LogP contribution in [-0.4, -0.2) is 46.3 Å². The lowest BCUT2D eigenvalue weighted by atomic mass is 10.4. The molecule has 0 radical (unpaired) electrons. The van der Waals surface area contributed by atoms with Crippen LogP contribution >= 0.6 is 15.9 Å². The standard InChI is InChI=1S/C11H18BrN3O3S/c1-18-6-5-15-11(16)10(12)9(8-14-15)13-4-3-7-19(2)17/h8,13H,3-7H2,1-2H3. The smallest absolute Gasteiger partial charge is 0.283 e. The quantitative estimate of drug-likeness (QED) is 0.702. The van der Waals surface area contributed by atoms with E-state index in [4.69, 9.17) is 4.74 Å². The summed E-state index contributed by atoms with van der Waals surface area (Å²) in [7, 11) is 0.789. The Bertz CT molecular complexity index is 493. The van der Waals surface area contributed by atoms with E-state index in [1.54, 1.807) is 19.6 Å². The van der Waals surface area contributed by atoms with E-state index in [2.05, 4.69) is 26.3 Å². The van der Waals surface area contributed by atoms with Gasteiger partial charge in [-0.3, -0.25) is 9.00 Å². The number of methoxy groups -OCH3 is 1. The fourth-order valence-corrected chi connectivity index (χ4v) is 2.42. The number of hydrogen-bond acceptors (Lipinski definition) is 5. The van der Waals surface area contributed by atoms with Crippen LogP contribution in [0, 0.1) is 0 Å². The maximum atomic E-state index is 11.9. The molecule has 6 nitrogen and oxygen atoms in total. The molecular formula is C11H18BrN3O3S. The van der Waals surface area contributed by atoms with Gasteiger partial charge in [0.25, 0.3) is 5.56 Å². The van der Waals surface area contributed by atoms with Crippen molar-refractivity contribution in [2.75, 3.05) is 37.6 Å². The van der Waals surface area contributed by atoms with Crippen LogP contribution in [0.2, 0.25) is 0 Å². The molecule has 1 aromatic rings. The first kappa shape index (κ1) is 16.3. The zero-order valence-corrected chi connectivity index (χ0v) is 13.4. The van der Waals surface area contributed by atoms with Crippen molar-refractivity contribution in [2.45, 2.75) is 13.0 Å². The molecule has 108 valence electrons. The van der Waals surface area contributed by atoms with Crippen molar-refractivity contribution in [1.29, 1.82) is 0 Å². The molecule has 0 spiro atoms. The second-order valence-corrected chi connectivity index (χ2v) is 6.30. The van der Waals surface area contributed by atoms with Gasteiger partial charge in [-0.2, -0.15) is 5.10 Å². The minimum atomic E-state index is -0.788. The number of nitrogens with one attached hydrogen (secondary N) is 1. The number of nitrogens with zero attached hydrogens (tertiary/aromatic N) is 2. The first-order valence-electron chi connectivity index (χ1n) is 5.84. The van der Waals surface area contributed by atoms with Crippen molar-refractivity contribution in [2.24, 2.45) is 0 Å². The molecule has 1 N–H and O–H groups in total. The van der Waals surface area contributed by atoms with Gasteiger partial charge < -0.3 is 10.1 Å². The van der Waals surface area contributed by atoms with Gasteiger partial charge >= 0.3 is 0 Å². The monoisotopic (exact) mass is 351 g/mol. The van der Waals surface area contributed by atoms with Crippen LogP contribution in [0.5, 0.6) is 0 Å². The molecule has 8 heteroatoms. The molecule has 1 aromatic heterocycles. The molecule has 0 saturated heterocycles. The Morgan fingerprint density at radius 2 is 2.32 bits per heavy atom. The van der Waals surface area contributed by atoms with Gasteiger partial charge in [-0.05, 0) is 22.4 Å². The van der Waals surface area contributed by atoms with Crippen molar-refractivity contribution in [3.63, 3.8) is 0 Å². The summed E-state index contributed by atoms with van der Waals surface area (Å²) >= 11 is 3.27. The van der Waals surface area contributed by atoms with Gasteiger partial charge in [0.1, 0.15) is 4.47 Å². The SMILES string of the molecule is COCCn1ncc(NCCCS(C)=O)c(Br)c1=O. The highest BCUT2D eigenvalue weighted by Gasteiger charge is 2.08. The Balaban J connectivity index is 2.63. The van der Waals surface area contributed by atoms with E-state index < -0.39 is 10.8 Å². The Labute approximate surface area is 123 Å². The minimum Gasteiger partial charge on any atom is -0.383 e. The van der Waals surface area contributed by atoms with E-state index >= 15 is 0 Å². The van der Waals surface area contributed by atoms with E-state index in [9.17, 15) is 9.00 Å². The molecule has 1 unspecified atom stereocenters. The van der Waals surface area contributed by atoms with Crippen molar-refractivity contribution >= 4 is 32.4 Å². The molecule has 1 heterocycles. The molecule has 0 aliphatic heterocycles. The number of aromatic nitrogens is 2. The van der Waals surface area contributed by atoms with Crippen molar-refractivity contribution < 1.29 is 8.95 Å². The molecule has 0 amide bonds. The summed E-state index contributed by atoms with van der Waals surface area (Å²) < 4.78 is 17.6. The number of halogens is 1. The highest BCUT2D eigenvalue weighted by molar-refractivity contribution is 9.10. The predicted molar refractivity (Wildman–Crippen MR) is 80.1 cm³/mol. The van der Waals surface area contributed by atoms with Crippen LogP contribution in [0.15, 0.2) is 15.5 Å². The van der Waals surface area contributed by atoms with Gasteiger partial charge in [-0.15, -0.1) is 0 Å². The van der Waals surface area contributed by atoms with E-state index in [1.807, 2.05) is 0 Å². The zero-order chi connectivity index (χ0) is 14.3. The third kappa shape index (κ3) is 5.42. The second kappa shape index (κ2) is 8.44. The Kier molecular flexibility index (Phi) is 7.25. The lowest BCUT2D eigenvalue weighted by Crippen LogP contribution is -2.26. The van der Waals surface area contributed by atoms with Crippen molar-refractivity contribution in [1.82, 2.24) is 9.78 Å². The van der Waals surface area contributed by atoms with Crippen LogP contribution < -0.4 is 10.9 Å². The summed E-state index contributed by atoms with van der Waals surface area (Å²) in [6.45, 7) is 1.51. The van der Waals surface area contributed by atoms with Crippen LogP contribution in [0.25, 0.3) is 0 Å². The van der Waals surface area contributed by atoms with Crippen molar-refractivity contribution in [3.05, 3.63) is 21.0 Å². The number of anilines is 1. The maximum Gasteiger partial charge on any atom is 0.283 e. The number of ether oxygens (including phenoxy) is 1. The highest BCUT2D eigenvalue weighted by Crippen LogP contribution is 2.15. The first-order valence-corrected chi connectivity index (χ1v) is 8.36. The average molecular weight is 352 g/mol. The molecule has 0 fully saturated rings. The number of rotatable bonds is 8. The molecular weight excluding hydrogens is 334 g/mol. The van der Waals surface area contributed by atoms with Gasteiger partial charge in [0.05, 0.1) is 25.0 Å². The van der Waals surface area contributed by atoms with E-state index in [-0.39, 0.29) is 5.56 Å². The average Bonchev–Trinajstić information content (AvgIpc) is 2.38. The summed E-state index contributed by atoms with van der Waals surface area (Å²) in [5.74, 6) is 0.642. The molecule has 0 aliphatic rings. The lowest BCUT2D eigenvalue weighted by Gasteiger charge is -2.10. The fourth-order valence-electron chi connectivity index (χ4n) is 1.42. The van der Waals surface area contributed by atoms with Gasteiger partial charge in [-0.1, -0.05) is 0 Å². The number of hydrogen-bond donors (Lipinski definition) is 1. The first-order chi connectivity index (χ1) is 9.06. The third-order valence-electron chi connectivity index (χ3n) is 2.42. The molecule has 0 aliphatic carbocycles. The van der Waals surface area contributed by atoms with Gasteiger partial charge in [0.2, 0.25) is 0 Å². The van der Waals surface area contributed by atoms with Crippen molar-refractivity contribution in [3.8, 4) is 0 Å². The topological polar surface area (TPSA) is 73.2 Å². The second-order valence-electron chi connectivity index (χ2n) is 3.95. The predicted octanol–water partition coefficient (Wildman–Crippen LogP) is 0.833. The van der Waals surface area contributed by atoms with Crippen LogP contribution in [0.1, 0.15) is 6.42 Å². The van der Waals surface area contributed by atoms with Crippen LogP contribution in [0.4, 0.5) is 5.69 Å². The molecule has 1 rings (SSSR count). The van der Waals surface area contributed by atoms with E-state index in [0.29, 0.717) is 35.6 Å². The van der Waals surface area contributed by atoms with Gasteiger partial charge in [-0.25, -0.2) is 4.68 Å². The van der Waals surface area contributed by atoms with Crippen LogP contribution in [-0.2, 0) is 22.1 Å². The van der Waals surface area contributed by atoms with E-state index in [0.717, 1.165) is 6.42 Å². The normalized spacial score (nSPS) is 12.4. The molecule has 19 heavy (non-hydrogen) atoms. The fraction of sp³-hybridized carbons (Fsp3) is 0.636. The lowest BCUT2D eigenvalue weighted by molar-refractivity contribution is 0.181. The van der Waals surface area contributed by atoms with Gasteiger partial charge in [0.15, 0.2) is 0 Å². The third-order valence-corrected chi connectivity index (χ3v) is 4.05. The maximum absolute atomic E-state index is 11.9. The van der Waals surface area contributed by atoms with E-state index in [1.165, 1.54) is 4.68 Å². The largest absolute Gasteiger partial charge is 0.383 e. The van der Waals surface area contributed by atoms with Gasteiger partial charge in [0, 0.05) is 36.5 Å². The summed E-state index contributed by atoms with van der Waals surface area (Å²) in [6, 6.07) is 0. The molecule has 1 atom stereocenters.